The number of hydrogen-bond acceptors (Lipinski definition) is 2. The van der Waals surface area contributed by atoms with Crippen LogP contribution in [0.3, 0.4) is 0 Å². The molecule has 1 aromatic carbocycles. The van der Waals surface area contributed by atoms with Crippen LogP contribution in [0.25, 0.3) is 0 Å². The number of piperidine rings is 1. The van der Waals surface area contributed by atoms with Crippen molar-refractivity contribution in [3.63, 3.8) is 0 Å². The van der Waals surface area contributed by atoms with E-state index in [0.29, 0.717) is 22.8 Å². The molecule has 1 saturated heterocycles. The fraction of sp³-hybridized carbons (Fsp3) is 0.632. The molecule has 2 fully saturated rings. The zero-order valence-corrected chi connectivity index (χ0v) is 16.5. The summed E-state index contributed by atoms with van der Waals surface area (Å²) in [7, 11) is 4.22. The Morgan fingerprint density at radius 3 is 2.64 bits per heavy atom. The zero-order valence-electron chi connectivity index (χ0n) is 15.0. The van der Waals surface area contributed by atoms with E-state index in [9.17, 15) is 4.79 Å². The smallest absolute Gasteiger partial charge is 0.317 e. The Morgan fingerprint density at radius 2 is 2.00 bits per heavy atom. The molecular formula is C19H27Cl2N3O. The quantitative estimate of drug-likeness (QED) is 0.831. The molecular weight excluding hydrogens is 357 g/mol. The number of nitrogens with one attached hydrogen (secondary N) is 1. The van der Waals surface area contributed by atoms with Gasteiger partial charge in [-0.15, -0.1) is 0 Å². The topological polar surface area (TPSA) is 35.6 Å². The summed E-state index contributed by atoms with van der Waals surface area (Å²) in [6.45, 7) is 3.56. The second-order valence-corrected chi connectivity index (χ2v) is 8.49. The predicted octanol–water partition coefficient (Wildman–Crippen LogP) is 4.08. The van der Waals surface area contributed by atoms with Crippen molar-refractivity contribution in [3.8, 4) is 0 Å². The van der Waals surface area contributed by atoms with Gasteiger partial charge in [-0.3, -0.25) is 0 Å². The van der Waals surface area contributed by atoms with E-state index in [1.807, 2.05) is 17.0 Å². The molecule has 0 aromatic heterocycles. The zero-order chi connectivity index (χ0) is 18.0. The van der Waals surface area contributed by atoms with Crippen LogP contribution in [0, 0.1) is 11.8 Å². The number of carbonyl (C=O) groups excluding carboxylic acids is 1. The van der Waals surface area contributed by atoms with Gasteiger partial charge in [-0.05, 0) is 68.8 Å². The van der Waals surface area contributed by atoms with Crippen LogP contribution in [0.2, 0.25) is 10.0 Å². The minimum atomic E-state index is 0.0798. The molecule has 2 atom stereocenters. The normalized spacial score (nSPS) is 23.8. The third-order valence-electron chi connectivity index (χ3n) is 5.33. The standard InChI is InChI=1S/C19H27Cl2N3O/c1-23(2)12-13-5-7-24(8-6-13)19(25)22-11-14-9-17(14)16-4-3-15(20)10-18(16)21/h3-4,10,13-14,17H,5-9,11-12H2,1-2H3,(H,22,25)/t14-,17+/m0/s1. The van der Waals surface area contributed by atoms with Crippen molar-refractivity contribution in [2.45, 2.75) is 25.2 Å². The summed E-state index contributed by atoms with van der Waals surface area (Å²) in [4.78, 5) is 16.6. The maximum Gasteiger partial charge on any atom is 0.317 e. The molecule has 0 bridgehead atoms. The fourth-order valence-electron chi connectivity index (χ4n) is 3.82. The Kier molecular flexibility index (Phi) is 6.13. The number of rotatable bonds is 5. The number of urea groups is 1. The van der Waals surface area contributed by atoms with Crippen LogP contribution in [0.4, 0.5) is 4.79 Å². The van der Waals surface area contributed by atoms with Crippen molar-refractivity contribution in [2.24, 2.45) is 11.8 Å². The number of amides is 2. The maximum atomic E-state index is 12.4. The summed E-state index contributed by atoms with van der Waals surface area (Å²) in [6, 6.07) is 5.77. The van der Waals surface area contributed by atoms with Gasteiger partial charge in [0.15, 0.2) is 0 Å². The number of carbonyl (C=O) groups is 1. The highest BCUT2D eigenvalue weighted by Gasteiger charge is 2.39. The Bertz CT molecular complexity index is 615. The Hall–Kier alpha value is -0.970. The van der Waals surface area contributed by atoms with E-state index in [-0.39, 0.29) is 6.03 Å². The first-order chi connectivity index (χ1) is 11.9. The summed E-state index contributed by atoms with van der Waals surface area (Å²) in [5.74, 6) is 1.63. The van der Waals surface area contributed by atoms with E-state index in [4.69, 9.17) is 23.2 Å². The average Bonchev–Trinajstić information content (AvgIpc) is 3.32. The number of nitrogens with zero attached hydrogens (tertiary/aromatic N) is 2. The van der Waals surface area contributed by atoms with Gasteiger partial charge in [-0.1, -0.05) is 29.3 Å². The molecule has 0 unspecified atom stereocenters. The predicted molar refractivity (Wildman–Crippen MR) is 104 cm³/mol. The van der Waals surface area contributed by atoms with E-state index in [1.165, 1.54) is 0 Å². The van der Waals surface area contributed by atoms with Gasteiger partial charge in [0.1, 0.15) is 0 Å². The SMILES string of the molecule is CN(C)CC1CCN(C(=O)NC[C@@H]2C[C@H]2c2ccc(Cl)cc2Cl)CC1. The van der Waals surface area contributed by atoms with Crippen LogP contribution in [0.5, 0.6) is 0 Å². The molecule has 3 rings (SSSR count). The van der Waals surface area contributed by atoms with Crippen molar-refractivity contribution < 1.29 is 4.79 Å². The number of halogens is 2. The van der Waals surface area contributed by atoms with Crippen molar-refractivity contribution >= 4 is 29.2 Å². The Morgan fingerprint density at radius 1 is 1.28 bits per heavy atom. The first-order valence-corrected chi connectivity index (χ1v) is 9.82. The summed E-state index contributed by atoms with van der Waals surface area (Å²) < 4.78 is 0. The molecule has 25 heavy (non-hydrogen) atoms. The lowest BCUT2D eigenvalue weighted by molar-refractivity contribution is 0.159. The minimum Gasteiger partial charge on any atom is -0.338 e. The highest BCUT2D eigenvalue weighted by atomic mass is 35.5. The lowest BCUT2D eigenvalue weighted by atomic mass is 9.97. The number of hydrogen-bond donors (Lipinski definition) is 1. The van der Waals surface area contributed by atoms with E-state index in [0.717, 1.165) is 56.0 Å². The summed E-state index contributed by atoms with van der Waals surface area (Å²) in [5.41, 5.74) is 1.15. The number of benzene rings is 1. The van der Waals surface area contributed by atoms with Gasteiger partial charge in [0.05, 0.1) is 0 Å². The van der Waals surface area contributed by atoms with Gasteiger partial charge in [-0.2, -0.15) is 0 Å². The van der Waals surface area contributed by atoms with E-state index in [1.54, 1.807) is 6.07 Å². The molecule has 138 valence electrons. The molecule has 6 heteroatoms. The van der Waals surface area contributed by atoms with Crippen molar-refractivity contribution in [1.82, 2.24) is 15.1 Å². The van der Waals surface area contributed by atoms with E-state index < -0.39 is 0 Å². The van der Waals surface area contributed by atoms with E-state index in [2.05, 4.69) is 24.3 Å². The van der Waals surface area contributed by atoms with Gasteiger partial charge in [0, 0.05) is 36.2 Å². The molecule has 2 amide bonds. The Labute approximate surface area is 160 Å². The second kappa shape index (κ2) is 8.15. The third-order valence-corrected chi connectivity index (χ3v) is 5.89. The summed E-state index contributed by atoms with van der Waals surface area (Å²) in [5, 5.41) is 4.50. The van der Waals surface area contributed by atoms with Gasteiger partial charge in [0.25, 0.3) is 0 Å². The third kappa shape index (κ3) is 5.02. The van der Waals surface area contributed by atoms with Gasteiger partial charge < -0.3 is 15.1 Å². The Balaban J connectivity index is 1.41. The molecule has 1 heterocycles. The van der Waals surface area contributed by atoms with Crippen molar-refractivity contribution in [3.05, 3.63) is 33.8 Å². The molecule has 1 saturated carbocycles. The van der Waals surface area contributed by atoms with Crippen LogP contribution < -0.4 is 5.32 Å². The molecule has 0 radical (unpaired) electrons. The maximum absolute atomic E-state index is 12.4. The highest BCUT2D eigenvalue weighted by Crippen LogP contribution is 2.49. The average molecular weight is 384 g/mol. The molecule has 1 aliphatic carbocycles. The van der Waals surface area contributed by atoms with Crippen molar-refractivity contribution in [1.29, 1.82) is 0 Å². The van der Waals surface area contributed by atoms with Crippen LogP contribution in [0.15, 0.2) is 18.2 Å². The second-order valence-electron chi connectivity index (χ2n) is 7.65. The van der Waals surface area contributed by atoms with Gasteiger partial charge >= 0.3 is 6.03 Å². The van der Waals surface area contributed by atoms with Crippen LogP contribution in [-0.2, 0) is 0 Å². The van der Waals surface area contributed by atoms with Gasteiger partial charge in [0.2, 0.25) is 0 Å². The van der Waals surface area contributed by atoms with E-state index >= 15 is 0 Å². The van der Waals surface area contributed by atoms with Gasteiger partial charge in [-0.25, -0.2) is 4.79 Å². The molecule has 2 aliphatic rings. The largest absolute Gasteiger partial charge is 0.338 e. The molecule has 1 aromatic rings. The molecule has 4 nitrogen and oxygen atoms in total. The van der Waals surface area contributed by atoms with Crippen LogP contribution in [-0.4, -0.2) is 56.1 Å². The fourth-order valence-corrected chi connectivity index (χ4v) is 4.37. The van der Waals surface area contributed by atoms with Crippen molar-refractivity contribution in [2.75, 3.05) is 40.3 Å². The first-order valence-electron chi connectivity index (χ1n) is 9.06. The minimum absolute atomic E-state index is 0.0798. The summed E-state index contributed by atoms with van der Waals surface area (Å²) >= 11 is 12.2. The van der Waals surface area contributed by atoms with Crippen LogP contribution in [0.1, 0.15) is 30.7 Å². The summed E-state index contributed by atoms with van der Waals surface area (Å²) in [6.07, 6.45) is 3.27. The molecule has 0 spiro atoms. The van der Waals surface area contributed by atoms with Crippen LogP contribution >= 0.6 is 23.2 Å². The monoisotopic (exact) mass is 383 g/mol. The highest BCUT2D eigenvalue weighted by molar-refractivity contribution is 6.35. The lowest BCUT2D eigenvalue weighted by Crippen LogP contribution is -2.46. The molecule has 1 aliphatic heterocycles. The number of likely N-dealkylation sites (tertiary alicyclic amines) is 1. The first kappa shape index (κ1) is 18.8. The molecule has 1 N–H and O–H groups in total. The lowest BCUT2D eigenvalue weighted by Gasteiger charge is -2.33.